The molecule has 6 N–H and O–H groups in total. The van der Waals surface area contributed by atoms with Crippen LogP contribution in [-0.4, -0.2) is 46.8 Å². The highest BCUT2D eigenvalue weighted by atomic mass is 32.2. The number of hydrogen-bond acceptors (Lipinski definition) is 10. The molecule has 0 radical (unpaired) electrons. The van der Waals surface area contributed by atoms with Gasteiger partial charge in [-0.05, 0) is 31.2 Å². The van der Waals surface area contributed by atoms with E-state index in [9.17, 15) is 19.1 Å². The van der Waals surface area contributed by atoms with Crippen molar-refractivity contribution >= 4 is 33.2 Å². The van der Waals surface area contributed by atoms with Crippen LogP contribution in [0.3, 0.4) is 0 Å². The van der Waals surface area contributed by atoms with Crippen LogP contribution in [0.4, 0.5) is 5.82 Å². The second kappa shape index (κ2) is 10.9. The minimum atomic E-state index is -5.20. The smallest absolute Gasteiger partial charge is 0.383 e. The van der Waals surface area contributed by atoms with Crippen molar-refractivity contribution < 1.29 is 37.8 Å². The predicted octanol–water partition coefficient (Wildman–Crippen LogP) is 2.15. The van der Waals surface area contributed by atoms with Gasteiger partial charge >= 0.3 is 15.6 Å². The lowest BCUT2D eigenvalue weighted by Crippen LogP contribution is -2.31. The summed E-state index contributed by atoms with van der Waals surface area (Å²) >= 11 is 1.15. The summed E-state index contributed by atoms with van der Waals surface area (Å²) < 4.78 is 30.8. The number of anilines is 1. The van der Waals surface area contributed by atoms with E-state index in [1.165, 1.54) is 0 Å². The Balaban J connectivity index is 2.24. The van der Waals surface area contributed by atoms with E-state index in [2.05, 4.69) is 18.8 Å². The Morgan fingerprint density at radius 1 is 1.26 bits per heavy atom. The molecule has 0 saturated carbocycles. The molecule has 2 heterocycles. The van der Waals surface area contributed by atoms with Gasteiger partial charge in [-0.3, -0.25) is 4.52 Å². The van der Waals surface area contributed by atoms with Gasteiger partial charge in [0.2, 0.25) is 0 Å². The summed E-state index contributed by atoms with van der Waals surface area (Å²) in [7, 11) is -10.1. The lowest BCUT2D eigenvalue weighted by molar-refractivity contribution is 0.0989. The van der Waals surface area contributed by atoms with Gasteiger partial charge in [-0.25, -0.2) is 19.1 Å². The van der Waals surface area contributed by atoms with Gasteiger partial charge in [0, 0.05) is 17.5 Å². The number of nitrogens with zero attached hydrogens (tertiary/aromatic N) is 3. The Morgan fingerprint density at radius 3 is 2.61 bits per heavy atom. The SMILES string of the molecule is C/C1=C(CCOP(=O)(O)OP(=O)(O)O)/C=C\C=C/SC(O)N1Cc1cnc(C)nc1N. The quantitative estimate of drug-likeness (QED) is 0.331. The van der Waals surface area contributed by atoms with Crippen molar-refractivity contribution in [3.8, 4) is 0 Å². The summed E-state index contributed by atoms with van der Waals surface area (Å²) in [6.45, 7) is 3.27. The highest BCUT2D eigenvalue weighted by Gasteiger charge is 2.32. The summed E-state index contributed by atoms with van der Waals surface area (Å²) in [4.78, 5) is 36.7. The van der Waals surface area contributed by atoms with Gasteiger partial charge < -0.3 is 30.4 Å². The predicted molar refractivity (Wildman–Crippen MR) is 115 cm³/mol. The maximum absolute atomic E-state index is 11.6. The van der Waals surface area contributed by atoms with E-state index in [-0.39, 0.29) is 25.4 Å². The van der Waals surface area contributed by atoms with E-state index < -0.39 is 21.2 Å². The molecule has 0 aromatic carbocycles. The number of nitrogens with two attached hydrogens (primary N) is 1. The third-order valence-corrected chi connectivity index (χ3v) is 7.04. The minimum absolute atomic E-state index is 0.0823. The lowest BCUT2D eigenvalue weighted by Gasteiger charge is -2.31. The fourth-order valence-corrected chi connectivity index (χ4v) is 4.87. The molecule has 0 spiro atoms. The average molecular weight is 494 g/mol. The first-order chi connectivity index (χ1) is 14.4. The van der Waals surface area contributed by atoms with Gasteiger partial charge in [0.1, 0.15) is 11.6 Å². The lowest BCUT2D eigenvalue weighted by atomic mass is 10.1. The number of allylic oxidation sites excluding steroid dienone is 4. The second-order valence-corrected chi connectivity index (χ2v) is 10.1. The van der Waals surface area contributed by atoms with Crippen molar-refractivity contribution in [2.45, 2.75) is 32.4 Å². The molecular weight excluding hydrogens is 470 g/mol. The first-order valence-corrected chi connectivity index (χ1v) is 12.8. The molecule has 1 aromatic heterocycles. The first-order valence-electron chi connectivity index (χ1n) is 8.83. The molecular formula is C16H24N4O8P2S. The topological polar surface area (TPSA) is 189 Å². The third-order valence-electron chi connectivity index (χ3n) is 4.04. The number of hydrogen-bond donors (Lipinski definition) is 5. The molecule has 1 aliphatic heterocycles. The van der Waals surface area contributed by atoms with Gasteiger partial charge in [-0.15, -0.1) is 0 Å². The van der Waals surface area contributed by atoms with Gasteiger partial charge in [0.15, 0.2) is 5.56 Å². The molecule has 1 aliphatic rings. The van der Waals surface area contributed by atoms with Crippen LogP contribution >= 0.6 is 27.4 Å². The van der Waals surface area contributed by atoms with Crippen LogP contribution in [0.25, 0.3) is 0 Å². The summed E-state index contributed by atoms with van der Waals surface area (Å²) in [5.41, 5.74) is 6.85. The van der Waals surface area contributed by atoms with E-state index in [1.54, 1.807) is 48.6 Å². The number of thioether (sulfide) groups is 1. The Hall–Kier alpha value is -1.53. The van der Waals surface area contributed by atoms with Gasteiger partial charge in [-0.1, -0.05) is 30.0 Å². The molecule has 0 fully saturated rings. The van der Waals surface area contributed by atoms with Crippen LogP contribution in [0.5, 0.6) is 0 Å². The third kappa shape index (κ3) is 8.49. The number of aliphatic hydroxyl groups excluding tert-OH is 1. The van der Waals surface area contributed by atoms with Crippen LogP contribution in [0.1, 0.15) is 24.7 Å². The zero-order valence-corrected chi connectivity index (χ0v) is 19.3. The summed E-state index contributed by atoms with van der Waals surface area (Å²) in [6, 6.07) is 0. The molecule has 2 unspecified atom stereocenters. The molecule has 1 aromatic rings. The molecule has 0 bridgehead atoms. The maximum atomic E-state index is 11.6. The van der Waals surface area contributed by atoms with Crippen molar-refractivity contribution in [3.63, 3.8) is 0 Å². The zero-order chi connectivity index (χ0) is 23.2. The highest BCUT2D eigenvalue weighted by Crippen LogP contribution is 2.57. The summed E-state index contributed by atoms with van der Waals surface area (Å²) in [5, 5.41) is 12.3. The van der Waals surface area contributed by atoms with Gasteiger partial charge in [0.05, 0.1) is 13.2 Å². The minimum Gasteiger partial charge on any atom is -0.383 e. The largest absolute Gasteiger partial charge is 0.481 e. The second-order valence-electron chi connectivity index (χ2n) is 6.34. The normalized spacial score (nSPS) is 24.1. The highest BCUT2D eigenvalue weighted by molar-refractivity contribution is 8.02. The van der Waals surface area contributed by atoms with Crippen molar-refractivity contribution in [2.75, 3.05) is 12.3 Å². The van der Waals surface area contributed by atoms with Crippen LogP contribution in [-0.2, 0) is 24.5 Å². The van der Waals surface area contributed by atoms with Gasteiger partial charge in [-0.2, -0.15) is 4.31 Å². The fraction of sp³-hybridized carbons (Fsp3) is 0.375. The molecule has 172 valence electrons. The summed E-state index contributed by atoms with van der Waals surface area (Å²) in [5.74, 6) is 0.798. The Labute approximate surface area is 183 Å². The van der Waals surface area contributed by atoms with E-state index >= 15 is 0 Å². The first kappa shape index (κ1) is 25.7. The molecule has 2 rings (SSSR count). The van der Waals surface area contributed by atoms with Crippen molar-refractivity contribution in [3.05, 3.63) is 52.5 Å². The molecule has 12 nitrogen and oxygen atoms in total. The van der Waals surface area contributed by atoms with Gasteiger partial charge in [0.25, 0.3) is 0 Å². The number of phosphoric ester groups is 1. The zero-order valence-electron chi connectivity index (χ0n) is 16.7. The number of aromatic nitrogens is 2. The number of aryl methyl sites for hydroxylation is 1. The number of phosphoric acid groups is 2. The molecule has 15 heteroatoms. The fourth-order valence-electron chi connectivity index (χ4n) is 2.58. The standard InChI is InChI=1S/C16H24N4O8P2S/c1-11-13(6-7-27-30(25,26)28-29(22,23)24)5-3-4-8-31-16(21)20(11)10-14-9-18-12(2)19-15(14)17/h3-5,8-9,16,21H,6-7,10H2,1-2H3,(H,25,26)(H2,17,18,19)(H2,22,23,24)/b5-3-,8-4-,13-11+. The Bertz CT molecular complexity index is 980. The van der Waals surface area contributed by atoms with Crippen LogP contribution in [0, 0.1) is 6.92 Å². The Morgan fingerprint density at radius 2 is 1.97 bits per heavy atom. The molecule has 0 aliphatic carbocycles. The number of aliphatic hydroxyl groups is 1. The molecule has 2 atom stereocenters. The van der Waals surface area contributed by atoms with Crippen molar-refractivity contribution in [2.24, 2.45) is 0 Å². The van der Waals surface area contributed by atoms with E-state index in [1.807, 2.05) is 0 Å². The molecule has 0 amide bonds. The van der Waals surface area contributed by atoms with E-state index in [0.717, 1.165) is 11.8 Å². The summed E-state index contributed by atoms with van der Waals surface area (Å²) in [6.07, 6.45) is 6.81. The molecule has 0 saturated heterocycles. The monoisotopic (exact) mass is 494 g/mol. The van der Waals surface area contributed by atoms with Crippen LogP contribution < -0.4 is 5.73 Å². The van der Waals surface area contributed by atoms with Crippen LogP contribution in [0.2, 0.25) is 0 Å². The van der Waals surface area contributed by atoms with E-state index in [0.29, 0.717) is 22.7 Å². The van der Waals surface area contributed by atoms with Crippen molar-refractivity contribution in [1.82, 2.24) is 14.9 Å². The Kier molecular flexibility index (Phi) is 9.02. The maximum Gasteiger partial charge on any atom is 0.481 e. The number of nitrogen functional groups attached to an aromatic ring is 1. The van der Waals surface area contributed by atoms with Crippen molar-refractivity contribution in [1.29, 1.82) is 0 Å². The van der Waals surface area contributed by atoms with E-state index in [4.69, 9.17) is 15.5 Å². The molecule has 31 heavy (non-hydrogen) atoms. The van der Waals surface area contributed by atoms with Crippen LogP contribution in [0.15, 0.2) is 41.1 Å². The average Bonchev–Trinajstić information content (AvgIpc) is 2.68. The number of rotatable bonds is 8.